The van der Waals surface area contributed by atoms with Crippen LogP contribution in [0, 0.1) is 0 Å². The Labute approximate surface area is 182 Å². The van der Waals surface area contributed by atoms with Gasteiger partial charge >= 0.3 is 0 Å². The van der Waals surface area contributed by atoms with E-state index in [1.807, 2.05) is 31.2 Å². The van der Waals surface area contributed by atoms with Gasteiger partial charge in [-0.05, 0) is 67.9 Å². The Morgan fingerprint density at radius 1 is 1.17 bits per heavy atom. The highest BCUT2D eigenvalue weighted by Gasteiger charge is 2.28. The lowest BCUT2D eigenvalue weighted by molar-refractivity contribution is 0.416. The summed E-state index contributed by atoms with van der Waals surface area (Å²) in [5.74, 6) is 0.508. The minimum atomic E-state index is -3.53. The third-order valence-corrected chi connectivity index (χ3v) is 7.21. The molecule has 1 aliphatic heterocycles. The first kappa shape index (κ1) is 21.8. The summed E-state index contributed by atoms with van der Waals surface area (Å²) in [5.41, 5.74) is 1.52. The van der Waals surface area contributed by atoms with Gasteiger partial charge in [-0.1, -0.05) is 23.7 Å². The topological polar surface area (TPSA) is 70.7 Å². The molecule has 1 aliphatic rings. The number of benzene rings is 2. The molecule has 0 amide bonds. The molecule has 0 spiro atoms. The average molecular weight is 454 g/mol. The smallest absolute Gasteiger partial charge is 0.243 e. The second-order valence-electron chi connectivity index (χ2n) is 6.84. The number of hydrogen-bond donors (Lipinski definition) is 2. The zero-order valence-corrected chi connectivity index (χ0v) is 18.7. The fourth-order valence-corrected chi connectivity index (χ4v) is 5.17. The van der Waals surface area contributed by atoms with E-state index in [4.69, 9.17) is 28.6 Å². The Bertz CT molecular complexity index is 975. The summed E-state index contributed by atoms with van der Waals surface area (Å²) in [4.78, 5) is 0.219. The van der Waals surface area contributed by atoms with E-state index in [0.29, 0.717) is 34.7 Å². The molecule has 0 unspecified atom stereocenters. The standard InChI is InChI=1S/C20H24ClN3O3S2/c1-14(15-5-7-16(21)8-6-15)22-20(28)23-18-13-17(9-10-19(18)27-2)29(25,26)24-11-3-4-12-24/h5-10,13-14H,3-4,11-12H2,1-2H3,(H2,22,23,28)/t14-/m1/s1. The number of ether oxygens (including phenoxy) is 1. The number of halogens is 1. The predicted molar refractivity (Wildman–Crippen MR) is 120 cm³/mol. The van der Waals surface area contributed by atoms with Crippen molar-refractivity contribution in [2.45, 2.75) is 30.7 Å². The van der Waals surface area contributed by atoms with Crippen LogP contribution in [0.1, 0.15) is 31.4 Å². The maximum Gasteiger partial charge on any atom is 0.243 e. The third-order valence-electron chi connectivity index (χ3n) is 4.84. The highest BCUT2D eigenvalue weighted by atomic mass is 35.5. The number of nitrogens with zero attached hydrogens (tertiary/aromatic N) is 1. The van der Waals surface area contributed by atoms with Crippen LogP contribution in [0.4, 0.5) is 5.69 Å². The molecule has 1 atom stereocenters. The lowest BCUT2D eigenvalue weighted by Crippen LogP contribution is -2.31. The van der Waals surface area contributed by atoms with Gasteiger partial charge in [0, 0.05) is 18.1 Å². The normalized spacial score (nSPS) is 15.7. The van der Waals surface area contributed by atoms with E-state index < -0.39 is 10.0 Å². The van der Waals surface area contributed by atoms with Crippen LogP contribution in [-0.2, 0) is 10.0 Å². The van der Waals surface area contributed by atoms with Crippen molar-refractivity contribution in [1.29, 1.82) is 0 Å². The highest BCUT2D eigenvalue weighted by Crippen LogP contribution is 2.30. The molecule has 2 aromatic rings. The van der Waals surface area contributed by atoms with Crippen molar-refractivity contribution in [3.8, 4) is 5.75 Å². The average Bonchev–Trinajstić information content (AvgIpc) is 3.24. The SMILES string of the molecule is COc1ccc(S(=O)(=O)N2CCCC2)cc1NC(=S)N[C@H](C)c1ccc(Cl)cc1. The molecule has 0 saturated carbocycles. The fraction of sp³-hybridized carbons (Fsp3) is 0.350. The zero-order chi connectivity index (χ0) is 21.0. The number of anilines is 1. The van der Waals surface area contributed by atoms with E-state index in [0.717, 1.165) is 18.4 Å². The highest BCUT2D eigenvalue weighted by molar-refractivity contribution is 7.89. The monoisotopic (exact) mass is 453 g/mol. The van der Waals surface area contributed by atoms with Crippen LogP contribution < -0.4 is 15.4 Å². The van der Waals surface area contributed by atoms with E-state index >= 15 is 0 Å². The van der Waals surface area contributed by atoms with Crippen LogP contribution in [-0.4, -0.2) is 38.0 Å². The first-order valence-electron chi connectivity index (χ1n) is 9.32. The van der Waals surface area contributed by atoms with Gasteiger partial charge in [-0.15, -0.1) is 0 Å². The van der Waals surface area contributed by atoms with Gasteiger partial charge in [0.15, 0.2) is 5.11 Å². The lowest BCUT2D eigenvalue weighted by Gasteiger charge is -2.20. The summed E-state index contributed by atoms with van der Waals surface area (Å²) >= 11 is 11.4. The number of methoxy groups -OCH3 is 1. The number of sulfonamides is 1. The van der Waals surface area contributed by atoms with Gasteiger partial charge in [0.1, 0.15) is 5.75 Å². The Balaban J connectivity index is 1.76. The summed E-state index contributed by atoms with van der Waals surface area (Å²) in [6.07, 6.45) is 1.77. The van der Waals surface area contributed by atoms with Crippen LogP contribution in [0.15, 0.2) is 47.4 Å². The van der Waals surface area contributed by atoms with Crippen LogP contribution in [0.5, 0.6) is 5.75 Å². The molecule has 29 heavy (non-hydrogen) atoms. The van der Waals surface area contributed by atoms with Gasteiger partial charge in [-0.2, -0.15) is 4.31 Å². The van der Waals surface area contributed by atoms with Gasteiger partial charge in [0.2, 0.25) is 10.0 Å². The Hall–Kier alpha value is -1.87. The zero-order valence-electron chi connectivity index (χ0n) is 16.3. The van der Waals surface area contributed by atoms with Crippen molar-refractivity contribution in [1.82, 2.24) is 9.62 Å². The Morgan fingerprint density at radius 2 is 1.83 bits per heavy atom. The number of nitrogens with one attached hydrogen (secondary N) is 2. The molecular formula is C20H24ClN3O3S2. The molecule has 0 aromatic heterocycles. The molecule has 2 aromatic carbocycles. The van der Waals surface area contributed by atoms with Crippen molar-refractivity contribution in [2.75, 3.05) is 25.5 Å². The number of rotatable bonds is 6. The van der Waals surface area contributed by atoms with Crippen LogP contribution in [0.25, 0.3) is 0 Å². The predicted octanol–water partition coefficient (Wildman–Crippen LogP) is 4.18. The van der Waals surface area contributed by atoms with E-state index in [1.165, 1.54) is 11.4 Å². The van der Waals surface area contributed by atoms with Gasteiger partial charge in [-0.3, -0.25) is 0 Å². The first-order chi connectivity index (χ1) is 13.8. The largest absolute Gasteiger partial charge is 0.495 e. The minimum absolute atomic E-state index is 0.0604. The van der Waals surface area contributed by atoms with Crippen molar-refractivity contribution in [3.05, 3.63) is 53.1 Å². The number of thiocarbonyl (C=S) groups is 1. The van der Waals surface area contributed by atoms with E-state index in [1.54, 1.807) is 18.2 Å². The van der Waals surface area contributed by atoms with Gasteiger partial charge in [0.25, 0.3) is 0 Å². The maximum atomic E-state index is 12.9. The molecule has 2 N–H and O–H groups in total. The van der Waals surface area contributed by atoms with Crippen LogP contribution in [0.2, 0.25) is 5.02 Å². The van der Waals surface area contributed by atoms with Crippen molar-refractivity contribution in [2.24, 2.45) is 0 Å². The molecule has 1 saturated heterocycles. The molecule has 0 aliphatic carbocycles. The maximum absolute atomic E-state index is 12.9. The summed E-state index contributed by atoms with van der Waals surface area (Å²) in [7, 11) is -2.00. The summed E-state index contributed by atoms with van der Waals surface area (Å²) in [6, 6.07) is 12.2. The second kappa shape index (κ2) is 9.30. The molecule has 1 heterocycles. The molecule has 0 bridgehead atoms. The van der Waals surface area contributed by atoms with E-state index in [-0.39, 0.29) is 10.9 Å². The van der Waals surface area contributed by atoms with Crippen LogP contribution >= 0.6 is 23.8 Å². The van der Waals surface area contributed by atoms with Crippen molar-refractivity contribution in [3.63, 3.8) is 0 Å². The summed E-state index contributed by atoms with van der Waals surface area (Å²) in [6.45, 7) is 3.08. The second-order valence-corrected chi connectivity index (χ2v) is 9.63. The summed E-state index contributed by atoms with van der Waals surface area (Å²) < 4.78 is 32.6. The van der Waals surface area contributed by atoms with E-state index in [9.17, 15) is 8.42 Å². The molecule has 3 rings (SSSR count). The quantitative estimate of drug-likeness (QED) is 0.639. The van der Waals surface area contributed by atoms with Gasteiger partial charge in [0.05, 0.1) is 23.7 Å². The first-order valence-corrected chi connectivity index (χ1v) is 11.5. The van der Waals surface area contributed by atoms with E-state index in [2.05, 4.69) is 10.6 Å². The number of hydrogen-bond acceptors (Lipinski definition) is 4. The van der Waals surface area contributed by atoms with Gasteiger partial charge in [-0.25, -0.2) is 8.42 Å². The Kier molecular flexibility index (Phi) is 7.00. The van der Waals surface area contributed by atoms with Gasteiger partial charge < -0.3 is 15.4 Å². The Morgan fingerprint density at radius 3 is 2.45 bits per heavy atom. The molecule has 1 fully saturated rings. The third kappa shape index (κ3) is 5.19. The molecular weight excluding hydrogens is 430 g/mol. The van der Waals surface area contributed by atoms with Crippen LogP contribution in [0.3, 0.4) is 0 Å². The molecule has 9 heteroatoms. The molecule has 0 radical (unpaired) electrons. The van der Waals surface area contributed by atoms with Crippen molar-refractivity contribution >= 4 is 44.6 Å². The minimum Gasteiger partial charge on any atom is -0.495 e. The fourth-order valence-electron chi connectivity index (χ4n) is 3.21. The molecule has 156 valence electrons. The van der Waals surface area contributed by atoms with Crippen molar-refractivity contribution < 1.29 is 13.2 Å². The summed E-state index contributed by atoms with van der Waals surface area (Å²) in [5, 5.41) is 7.28. The lowest BCUT2D eigenvalue weighted by atomic mass is 10.1. The molecule has 6 nitrogen and oxygen atoms in total.